The molecule has 3 aliphatic rings. The van der Waals surface area contributed by atoms with E-state index in [9.17, 15) is 0 Å². The van der Waals surface area contributed by atoms with Crippen molar-refractivity contribution in [3.63, 3.8) is 0 Å². The van der Waals surface area contributed by atoms with E-state index < -0.39 is 0 Å². The molecule has 1 saturated heterocycles. The highest BCUT2D eigenvalue weighted by Gasteiger charge is 2.53. The molecule has 0 amide bonds. The zero-order chi connectivity index (χ0) is 17.4. The molecule has 1 aromatic rings. The van der Waals surface area contributed by atoms with Crippen LogP contribution in [0.25, 0.3) is 0 Å². The van der Waals surface area contributed by atoms with Crippen LogP contribution in [0.4, 0.5) is 0 Å². The zero-order valence-corrected chi connectivity index (χ0v) is 15.8. The van der Waals surface area contributed by atoms with Crippen LogP contribution in [0, 0.1) is 5.92 Å². The third-order valence-corrected chi connectivity index (χ3v) is 6.95. The first-order valence-corrected chi connectivity index (χ1v) is 9.73. The Labute approximate surface area is 151 Å². The summed E-state index contributed by atoms with van der Waals surface area (Å²) < 4.78 is 17.0. The standard InChI is InChI=1S/C21H31NO3/c1-22-9-8-21-7-5-4-6-17(21)19(22)14-16-18(21)12-15(24-3)13-20(16)25-11-10-23-2/h12-13,17,19H,4-11,14H2,1-3H3/t17-,19+,21+/m0/s1. The number of fused-ring (bicyclic) bond motifs is 1. The summed E-state index contributed by atoms with van der Waals surface area (Å²) in [6.07, 6.45) is 7.79. The van der Waals surface area contributed by atoms with Crippen molar-refractivity contribution in [3.05, 3.63) is 23.3 Å². The van der Waals surface area contributed by atoms with E-state index in [1.165, 1.54) is 49.8 Å². The average molecular weight is 345 g/mol. The predicted molar refractivity (Wildman–Crippen MR) is 98.7 cm³/mol. The highest BCUT2D eigenvalue weighted by Crippen LogP contribution is 2.57. The number of methoxy groups -OCH3 is 2. The van der Waals surface area contributed by atoms with Gasteiger partial charge in [-0.3, -0.25) is 0 Å². The van der Waals surface area contributed by atoms with Crippen LogP contribution in [0.3, 0.4) is 0 Å². The molecule has 0 spiro atoms. The number of nitrogens with zero attached hydrogens (tertiary/aromatic N) is 1. The second-order valence-electron chi connectivity index (χ2n) is 8.00. The van der Waals surface area contributed by atoms with Crippen molar-refractivity contribution in [2.75, 3.05) is 41.0 Å². The van der Waals surface area contributed by atoms with E-state index in [1.54, 1.807) is 14.2 Å². The van der Waals surface area contributed by atoms with Crippen LogP contribution in [0.15, 0.2) is 12.1 Å². The summed E-state index contributed by atoms with van der Waals surface area (Å²) in [6.45, 7) is 2.41. The molecule has 25 heavy (non-hydrogen) atoms. The van der Waals surface area contributed by atoms with Gasteiger partial charge in [-0.15, -0.1) is 0 Å². The second-order valence-corrected chi connectivity index (χ2v) is 8.00. The van der Waals surface area contributed by atoms with Gasteiger partial charge in [0.05, 0.1) is 13.7 Å². The zero-order valence-electron chi connectivity index (χ0n) is 15.8. The Balaban J connectivity index is 1.80. The van der Waals surface area contributed by atoms with Crippen LogP contribution in [0.2, 0.25) is 0 Å². The Morgan fingerprint density at radius 2 is 2.04 bits per heavy atom. The summed E-state index contributed by atoms with van der Waals surface area (Å²) in [5.74, 6) is 2.73. The Bertz CT molecular complexity index is 632. The lowest BCUT2D eigenvalue weighted by Gasteiger charge is -2.58. The lowest BCUT2D eigenvalue weighted by molar-refractivity contribution is 0.00184. The van der Waals surface area contributed by atoms with Crippen molar-refractivity contribution >= 4 is 0 Å². The minimum Gasteiger partial charge on any atom is -0.497 e. The van der Waals surface area contributed by atoms with Gasteiger partial charge in [0, 0.05) is 24.6 Å². The van der Waals surface area contributed by atoms with Crippen LogP contribution in [0.1, 0.15) is 43.2 Å². The van der Waals surface area contributed by atoms with Crippen molar-refractivity contribution < 1.29 is 14.2 Å². The molecule has 2 bridgehead atoms. The maximum atomic E-state index is 6.14. The molecule has 3 atom stereocenters. The van der Waals surface area contributed by atoms with Gasteiger partial charge in [-0.2, -0.15) is 0 Å². The molecule has 0 radical (unpaired) electrons. The normalized spacial score (nSPS) is 31.2. The summed E-state index contributed by atoms with van der Waals surface area (Å²) in [4.78, 5) is 2.60. The Hall–Kier alpha value is -1.26. The Kier molecular flexibility index (Phi) is 4.67. The number of benzene rings is 1. The van der Waals surface area contributed by atoms with E-state index in [2.05, 4.69) is 24.1 Å². The maximum absolute atomic E-state index is 6.14. The first kappa shape index (κ1) is 17.2. The summed E-state index contributed by atoms with van der Waals surface area (Å²) >= 11 is 0. The summed E-state index contributed by atoms with van der Waals surface area (Å²) in [5.41, 5.74) is 3.27. The maximum Gasteiger partial charge on any atom is 0.126 e. The number of piperidine rings is 1. The van der Waals surface area contributed by atoms with Gasteiger partial charge in [0.1, 0.15) is 18.1 Å². The number of hydrogen-bond donors (Lipinski definition) is 0. The molecule has 4 nitrogen and oxygen atoms in total. The van der Waals surface area contributed by atoms with Gasteiger partial charge in [0.25, 0.3) is 0 Å². The summed E-state index contributed by atoms with van der Waals surface area (Å²) in [5, 5.41) is 0. The topological polar surface area (TPSA) is 30.9 Å². The molecular weight excluding hydrogens is 314 g/mol. The molecule has 4 heteroatoms. The van der Waals surface area contributed by atoms with Crippen LogP contribution in [0.5, 0.6) is 11.5 Å². The van der Waals surface area contributed by atoms with Crippen LogP contribution >= 0.6 is 0 Å². The molecule has 2 aliphatic carbocycles. The first-order valence-electron chi connectivity index (χ1n) is 9.73. The van der Waals surface area contributed by atoms with Crippen molar-refractivity contribution in [1.82, 2.24) is 4.90 Å². The monoisotopic (exact) mass is 345 g/mol. The van der Waals surface area contributed by atoms with E-state index in [4.69, 9.17) is 14.2 Å². The van der Waals surface area contributed by atoms with Crippen LogP contribution in [-0.4, -0.2) is 52.0 Å². The van der Waals surface area contributed by atoms with Crippen molar-refractivity contribution in [1.29, 1.82) is 0 Å². The third kappa shape index (κ3) is 2.74. The van der Waals surface area contributed by atoms with Crippen molar-refractivity contribution in [3.8, 4) is 11.5 Å². The SMILES string of the molecule is COCCOc1cc(OC)cc2c1C[C@@H]1[C@@H]3CCCC[C@]23CCN1C. The fraction of sp³-hybridized carbons (Fsp3) is 0.714. The van der Waals surface area contributed by atoms with Crippen LogP contribution in [-0.2, 0) is 16.6 Å². The fourth-order valence-electron chi connectivity index (χ4n) is 5.72. The number of likely N-dealkylation sites (tertiary alicyclic amines) is 1. The van der Waals surface area contributed by atoms with Gasteiger partial charge in [-0.25, -0.2) is 0 Å². The quantitative estimate of drug-likeness (QED) is 0.765. The second kappa shape index (κ2) is 6.81. The fourth-order valence-corrected chi connectivity index (χ4v) is 5.72. The Morgan fingerprint density at radius 1 is 1.16 bits per heavy atom. The molecule has 2 fully saturated rings. The van der Waals surface area contributed by atoms with Gasteiger partial charge < -0.3 is 19.1 Å². The number of rotatable bonds is 5. The smallest absolute Gasteiger partial charge is 0.126 e. The van der Waals surface area contributed by atoms with Crippen molar-refractivity contribution in [2.24, 2.45) is 5.92 Å². The highest BCUT2D eigenvalue weighted by molar-refractivity contribution is 5.53. The molecule has 1 aromatic carbocycles. The van der Waals surface area contributed by atoms with Gasteiger partial charge in [0.2, 0.25) is 0 Å². The minimum absolute atomic E-state index is 0.330. The number of likely N-dealkylation sites (N-methyl/N-ethyl adjacent to an activating group) is 1. The lowest BCUT2D eigenvalue weighted by Crippen LogP contribution is -2.59. The first-order chi connectivity index (χ1) is 12.2. The van der Waals surface area contributed by atoms with E-state index in [-0.39, 0.29) is 0 Å². The molecule has 0 N–H and O–H groups in total. The van der Waals surface area contributed by atoms with Gasteiger partial charge >= 0.3 is 0 Å². The molecule has 0 aromatic heterocycles. The number of ether oxygens (including phenoxy) is 3. The molecule has 1 aliphatic heterocycles. The van der Waals surface area contributed by atoms with E-state index in [0.717, 1.165) is 23.8 Å². The molecule has 0 unspecified atom stereocenters. The van der Waals surface area contributed by atoms with Gasteiger partial charge in [0.15, 0.2) is 0 Å². The summed E-state index contributed by atoms with van der Waals surface area (Å²) in [7, 11) is 5.79. The average Bonchev–Trinajstić information content (AvgIpc) is 2.65. The lowest BCUT2D eigenvalue weighted by atomic mass is 9.52. The van der Waals surface area contributed by atoms with Crippen LogP contribution < -0.4 is 9.47 Å². The molecule has 4 rings (SSSR count). The van der Waals surface area contributed by atoms with Crippen molar-refractivity contribution in [2.45, 2.75) is 50.0 Å². The minimum atomic E-state index is 0.330. The molecule has 1 saturated carbocycles. The molecule has 1 heterocycles. The van der Waals surface area contributed by atoms with E-state index in [0.29, 0.717) is 24.7 Å². The predicted octanol–water partition coefficient (Wildman–Crippen LogP) is 3.41. The largest absolute Gasteiger partial charge is 0.497 e. The molecule has 138 valence electrons. The Morgan fingerprint density at radius 3 is 2.84 bits per heavy atom. The third-order valence-electron chi connectivity index (χ3n) is 6.95. The van der Waals surface area contributed by atoms with E-state index >= 15 is 0 Å². The van der Waals surface area contributed by atoms with Gasteiger partial charge in [-0.05, 0) is 62.4 Å². The highest BCUT2D eigenvalue weighted by atomic mass is 16.5. The summed E-state index contributed by atoms with van der Waals surface area (Å²) in [6, 6.07) is 5.04. The van der Waals surface area contributed by atoms with E-state index in [1.807, 2.05) is 0 Å². The van der Waals surface area contributed by atoms with Gasteiger partial charge in [-0.1, -0.05) is 12.8 Å². The molecular formula is C21H31NO3. The number of hydrogen-bond acceptors (Lipinski definition) is 4.